The SMILES string of the molecule is O=C1COC(CNc2cc(C3CC3)ncn2)CN1CC1CCN(CC2CC2)CC1. The molecule has 0 spiro atoms. The number of aromatic nitrogens is 2. The van der Waals surface area contributed by atoms with Crippen molar-refractivity contribution in [3.8, 4) is 0 Å². The molecule has 2 saturated carbocycles. The van der Waals surface area contributed by atoms with E-state index in [2.05, 4.69) is 26.3 Å². The van der Waals surface area contributed by atoms with E-state index in [1.807, 2.05) is 4.90 Å². The van der Waals surface area contributed by atoms with Gasteiger partial charge >= 0.3 is 0 Å². The first-order valence-corrected chi connectivity index (χ1v) is 11.4. The van der Waals surface area contributed by atoms with Crippen molar-refractivity contribution >= 4 is 11.7 Å². The minimum atomic E-state index is 0.0157. The molecule has 7 heteroatoms. The van der Waals surface area contributed by atoms with Crippen LogP contribution >= 0.6 is 0 Å². The Morgan fingerprint density at radius 1 is 1.03 bits per heavy atom. The summed E-state index contributed by atoms with van der Waals surface area (Å²) >= 11 is 0. The maximum atomic E-state index is 12.4. The second-order valence-corrected chi connectivity index (χ2v) is 9.40. The van der Waals surface area contributed by atoms with Crippen LogP contribution in [0, 0.1) is 11.8 Å². The normalized spacial score (nSPS) is 26.7. The lowest BCUT2D eigenvalue weighted by Crippen LogP contribution is -2.51. The highest BCUT2D eigenvalue weighted by Crippen LogP contribution is 2.39. The second-order valence-electron chi connectivity index (χ2n) is 9.40. The first-order valence-electron chi connectivity index (χ1n) is 11.4. The molecule has 29 heavy (non-hydrogen) atoms. The molecule has 0 radical (unpaired) electrons. The molecule has 1 unspecified atom stereocenters. The molecule has 2 saturated heterocycles. The molecule has 4 fully saturated rings. The topological polar surface area (TPSA) is 70.6 Å². The van der Waals surface area contributed by atoms with E-state index < -0.39 is 0 Å². The fourth-order valence-corrected chi connectivity index (χ4v) is 4.60. The number of hydrogen-bond acceptors (Lipinski definition) is 6. The van der Waals surface area contributed by atoms with Gasteiger partial charge in [0.2, 0.25) is 5.91 Å². The van der Waals surface area contributed by atoms with Crippen LogP contribution in [0.3, 0.4) is 0 Å². The Bertz CT molecular complexity index is 713. The number of carbonyl (C=O) groups is 1. The maximum absolute atomic E-state index is 12.4. The predicted octanol–water partition coefficient (Wildman–Crippen LogP) is 2.12. The summed E-state index contributed by atoms with van der Waals surface area (Å²) in [6, 6.07) is 2.05. The van der Waals surface area contributed by atoms with E-state index in [0.29, 0.717) is 24.9 Å². The van der Waals surface area contributed by atoms with Crippen LogP contribution in [0.15, 0.2) is 12.4 Å². The summed E-state index contributed by atoms with van der Waals surface area (Å²) < 4.78 is 5.78. The first-order chi connectivity index (χ1) is 14.2. The molecule has 1 aromatic heterocycles. The number of amides is 1. The van der Waals surface area contributed by atoms with Crippen LogP contribution in [-0.4, -0.2) is 77.7 Å². The lowest BCUT2D eigenvalue weighted by atomic mass is 9.95. The van der Waals surface area contributed by atoms with Gasteiger partial charge < -0.3 is 19.9 Å². The van der Waals surface area contributed by atoms with E-state index in [9.17, 15) is 4.79 Å². The molecule has 4 aliphatic rings. The van der Waals surface area contributed by atoms with E-state index in [1.54, 1.807) is 6.33 Å². The van der Waals surface area contributed by atoms with Crippen LogP contribution in [0.4, 0.5) is 5.82 Å². The Labute approximate surface area is 173 Å². The monoisotopic (exact) mass is 399 g/mol. The second kappa shape index (κ2) is 8.56. The van der Waals surface area contributed by atoms with Crippen LogP contribution < -0.4 is 5.32 Å². The van der Waals surface area contributed by atoms with Crippen LogP contribution in [0.5, 0.6) is 0 Å². The number of anilines is 1. The molecule has 2 aliphatic carbocycles. The summed E-state index contributed by atoms with van der Waals surface area (Å²) in [5.74, 6) is 3.21. The minimum absolute atomic E-state index is 0.0157. The van der Waals surface area contributed by atoms with Crippen molar-refractivity contribution in [2.75, 3.05) is 51.2 Å². The summed E-state index contributed by atoms with van der Waals surface area (Å²) in [5, 5.41) is 3.39. The van der Waals surface area contributed by atoms with E-state index in [1.165, 1.54) is 58.2 Å². The molecule has 3 heterocycles. The number of likely N-dealkylation sites (tertiary alicyclic amines) is 1. The molecular formula is C22H33N5O2. The Morgan fingerprint density at radius 3 is 2.59 bits per heavy atom. The van der Waals surface area contributed by atoms with Crippen molar-refractivity contribution in [1.82, 2.24) is 19.8 Å². The Morgan fingerprint density at radius 2 is 1.83 bits per heavy atom. The number of hydrogen-bond donors (Lipinski definition) is 1. The molecule has 158 valence electrons. The molecule has 1 aromatic rings. The van der Waals surface area contributed by atoms with Crippen LogP contribution in [0.2, 0.25) is 0 Å². The Hall–Kier alpha value is -1.73. The van der Waals surface area contributed by atoms with Crippen molar-refractivity contribution in [1.29, 1.82) is 0 Å². The summed E-state index contributed by atoms with van der Waals surface area (Å²) in [7, 11) is 0. The summed E-state index contributed by atoms with van der Waals surface area (Å²) in [4.78, 5) is 25.7. The van der Waals surface area contributed by atoms with Crippen molar-refractivity contribution in [3.63, 3.8) is 0 Å². The molecule has 1 N–H and O–H groups in total. The van der Waals surface area contributed by atoms with Crippen LogP contribution in [0.25, 0.3) is 0 Å². The van der Waals surface area contributed by atoms with Gasteiger partial charge in [-0.2, -0.15) is 0 Å². The van der Waals surface area contributed by atoms with Gasteiger partial charge in [0.05, 0.1) is 6.10 Å². The average molecular weight is 400 g/mol. The average Bonchev–Trinajstić information content (AvgIpc) is 3.65. The lowest BCUT2D eigenvalue weighted by molar-refractivity contribution is -0.149. The standard InChI is InChI=1S/C22H33N5O2/c28-22-14-29-19(10-23-21-9-20(18-3-4-18)24-15-25-21)13-27(22)12-17-5-7-26(8-6-17)11-16-1-2-16/h9,15-19H,1-8,10-14H2,(H,23,24,25). The number of nitrogens with zero attached hydrogens (tertiary/aromatic N) is 4. The fraction of sp³-hybridized carbons (Fsp3) is 0.773. The first kappa shape index (κ1) is 19.2. The molecular weight excluding hydrogens is 366 g/mol. The Balaban J connectivity index is 1.08. The molecule has 1 amide bonds. The third-order valence-electron chi connectivity index (χ3n) is 6.81. The van der Waals surface area contributed by atoms with Gasteiger partial charge in [-0.15, -0.1) is 0 Å². The number of nitrogens with one attached hydrogen (secondary N) is 1. The highest BCUT2D eigenvalue weighted by Gasteiger charge is 2.31. The highest BCUT2D eigenvalue weighted by molar-refractivity contribution is 5.78. The smallest absolute Gasteiger partial charge is 0.248 e. The Kier molecular flexibility index (Phi) is 5.68. The molecule has 2 aliphatic heterocycles. The van der Waals surface area contributed by atoms with Crippen molar-refractivity contribution in [2.45, 2.75) is 50.5 Å². The van der Waals surface area contributed by atoms with Crippen LogP contribution in [0.1, 0.15) is 50.1 Å². The van der Waals surface area contributed by atoms with Crippen molar-refractivity contribution in [3.05, 3.63) is 18.1 Å². The highest BCUT2D eigenvalue weighted by atomic mass is 16.5. The summed E-state index contributed by atoms with van der Waals surface area (Å²) in [6.45, 7) is 6.12. The van der Waals surface area contributed by atoms with Gasteiger partial charge in [-0.25, -0.2) is 9.97 Å². The number of ether oxygens (including phenoxy) is 1. The minimum Gasteiger partial charge on any atom is -0.367 e. The number of carbonyl (C=O) groups excluding carboxylic acids is 1. The van der Waals surface area contributed by atoms with Gasteiger partial charge in [-0.1, -0.05) is 0 Å². The molecule has 7 nitrogen and oxygen atoms in total. The molecule has 5 rings (SSSR count). The summed E-state index contributed by atoms with van der Waals surface area (Å²) in [5.41, 5.74) is 1.14. The zero-order chi connectivity index (χ0) is 19.6. The maximum Gasteiger partial charge on any atom is 0.248 e. The van der Waals surface area contributed by atoms with E-state index in [-0.39, 0.29) is 18.6 Å². The number of morpholine rings is 1. The van der Waals surface area contributed by atoms with Crippen molar-refractivity contribution in [2.24, 2.45) is 11.8 Å². The van der Waals surface area contributed by atoms with Crippen LogP contribution in [-0.2, 0) is 9.53 Å². The number of piperidine rings is 1. The van der Waals surface area contributed by atoms with Gasteiger partial charge in [0.15, 0.2) is 0 Å². The zero-order valence-electron chi connectivity index (χ0n) is 17.3. The quantitative estimate of drug-likeness (QED) is 0.722. The van der Waals surface area contributed by atoms with E-state index >= 15 is 0 Å². The van der Waals surface area contributed by atoms with Gasteiger partial charge in [0.25, 0.3) is 0 Å². The fourth-order valence-electron chi connectivity index (χ4n) is 4.60. The zero-order valence-corrected chi connectivity index (χ0v) is 17.3. The van der Waals surface area contributed by atoms with Gasteiger partial charge in [0.1, 0.15) is 18.8 Å². The van der Waals surface area contributed by atoms with E-state index in [4.69, 9.17) is 4.74 Å². The molecule has 0 aromatic carbocycles. The third-order valence-corrected chi connectivity index (χ3v) is 6.81. The van der Waals surface area contributed by atoms with Gasteiger partial charge in [0, 0.05) is 43.9 Å². The summed E-state index contributed by atoms with van der Waals surface area (Å²) in [6.07, 6.45) is 9.40. The lowest BCUT2D eigenvalue weighted by Gasteiger charge is -2.38. The van der Waals surface area contributed by atoms with Crippen molar-refractivity contribution < 1.29 is 9.53 Å². The van der Waals surface area contributed by atoms with Gasteiger partial charge in [-0.05, 0) is 63.5 Å². The third kappa shape index (κ3) is 5.25. The number of rotatable bonds is 8. The van der Waals surface area contributed by atoms with E-state index in [0.717, 1.165) is 24.0 Å². The molecule has 0 bridgehead atoms. The predicted molar refractivity (Wildman–Crippen MR) is 111 cm³/mol. The largest absolute Gasteiger partial charge is 0.367 e. The molecule has 1 atom stereocenters. The van der Waals surface area contributed by atoms with Gasteiger partial charge in [-0.3, -0.25) is 4.79 Å².